The zero-order valence-corrected chi connectivity index (χ0v) is 13.9. The highest BCUT2D eigenvalue weighted by Crippen LogP contribution is 2.41. The van der Waals surface area contributed by atoms with Crippen LogP contribution in [0.2, 0.25) is 0 Å². The Hall–Kier alpha value is -2.34. The van der Waals surface area contributed by atoms with Crippen LogP contribution in [0.5, 0.6) is 5.75 Å². The first kappa shape index (κ1) is 15.6. The van der Waals surface area contributed by atoms with Crippen molar-refractivity contribution in [1.82, 2.24) is 0 Å². The summed E-state index contributed by atoms with van der Waals surface area (Å²) in [5.41, 5.74) is 4.05. The maximum Gasteiger partial charge on any atom is 0.513 e. The van der Waals surface area contributed by atoms with Crippen LogP contribution in [0.15, 0.2) is 35.2 Å². The number of hydrogen-bond acceptors (Lipinski definition) is 5. The maximum atomic E-state index is 12.6. The fourth-order valence-electron chi connectivity index (χ4n) is 2.73. The number of methoxy groups -OCH3 is 1. The van der Waals surface area contributed by atoms with Crippen molar-refractivity contribution in [3.63, 3.8) is 0 Å². The van der Waals surface area contributed by atoms with E-state index in [4.69, 9.17) is 4.74 Å². The predicted molar refractivity (Wildman–Crippen MR) is 85.3 cm³/mol. The van der Waals surface area contributed by atoms with E-state index in [2.05, 4.69) is 4.74 Å². The monoisotopic (exact) mass is 332 g/mol. The number of ether oxygens (including phenoxy) is 2. The smallest absolute Gasteiger partial charge is 0.437 e. The van der Waals surface area contributed by atoms with Crippen LogP contribution in [-0.2, 0) is 20.3 Å². The minimum atomic E-state index is -3.48. The highest BCUT2D eigenvalue weighted by molar-refractivity contribution is 7.90. The summed E-state index contributed by atoms with van der Waals surface area (Å²) in [6.45, 7) is 3.72. The van der Waals surface area contributed by atoms with Crippen molar-refractivity contribution in [2.24, 2.45) is 0 Å². The Labute approximate surface area is 134 Å². The normalized spacial score (nSPS) is 14.6. The molecule has 1 aliphatic rings. The minimum absolute atomic E-state index is 0.0592. The molecule has 23 heavy (non-hydrogen) atoms. The lowest BCUT2D eigenvalue weighted by atomic mass is 9.96. The molecule has 0 amide bonds. The van der Waals surface area contributed by atoms with Crippen LogP contribution in [0.4, 0.5) is 4.79 Å². The van der Waals surface area contributed by atoms with Crippen molar-refractivity contribution < 1.29 is 22.7 Å². The van der Waals surface area contributed by atoms with Gasteiger partial charge in [-0.15, -0.1) is 0 Å². The lowest BCUT2D eigenvalue weighted by Crippen LogP contribution is -2.15. The van der Waals surface area contributed by atoms with Gasteiger partial charge in [0.25, 0.3) is 0 Å². The van der Waals surface area contributed by atoms with Crippen molar-refractivity contribution in [2.75, 3.05) is 7.11 Å². The molecule has 0 aromatic heterocycles. The summed E-state index contributed by atoms with van der Waals surface area (Å²) >= 11 is 0. The number of carbonyl (C=O) groups excluding carboxylic acids is 1. The molecule has 0 saturated heterocycles. The molecule has 2 aromatic rings. The first-order chi connectivity index (χ1) is 10.8. The molecule has 5 nitrogen and oxygen atoms in total. The Morgan fingerprint density at radius 2 is 1.83 bits per heavy atom. The van der Waals surface area contributed by atoms with Gasteiger partial charge in [0.15, 0.2) is 9.84 Å². The summed E-state index contributed by atoms with van der Waals surface area (Å²) in [7, 11) is -2.28. The summed E-state index contributed by atoms with van der Waals surface area (Å²) in [6.07, 6.45) is -0.877. The number of benzene rings is 2. The molecule has 6 heteroatoms. The van der Waals surface area contributed by atoms with Crippen molar-refractivity contribution in [3.8, 4) is 16.9 Å². The Balaban J connectivity index is 2.24. The Kier molecular flexibility index (Phi) is 3.64. The zero-order valence-electron chi connectivity index (χ0n) is 13.0. The van der Waals surface area contributed by atoms with Crippen LogP contribution in [0.3, 0.4) is 0 Å². The molecule has 0 unspecified atom stereocenters. The molecule has 3 rings (SSSR count). The van der Waals surface area contributed by atoms with E-state index in [-0.39, 0.29) is 16.4 Å². The van der Waals surface area contributed by atoms with Crippen molar-refractivity contribution in [1.29, 1.82) is 0 Å². The highest BCUT2D eigenvalue weighted by Gasteiger charge is 2.29. The largest absolute Gasteiger partial charge is 0.513 e. The molecule has 0 atom stereocenters. The molecule has 0 radical (unpaired) electrons. The van der Waals surface area contributed by atoms with Crippen LogP contribution in [-0.4, -0.2) is 21.7 Å². The molecule has 0 fully saturated rings. The van der Waals surface area contributed by atoms with Gasteiger partial charge in [0.05, 0.1) is 17.8 Å². The number of sulfone groups is 1. The van der Waals surface area contributed by atoms with Crippen molar-refractivity contribution in [3.05, 3.63) is 47.0 Å². The summed E-state index contributed by atoms with van der Waals surface area (Å²) < 4.78 is 34.6. The van der Waals surface area contributed by atoms with Crippen molar-refractivity contribution in [2.45, 2.75) is 24.5 Å². The average molecular weight is 332 g/mol. The van der Waals surface area contributed by atoms with E-state index in [0.29, 0.717) is 11.1 Å². The van der Waals surface area contributed by atoms with E-state index in [1.165, 1.54) is 13.2 Å². The van der Waals surface area contributed by atoms with Crippen LogP contribution in [0, 0.1) is 13.8 Å². The average Bonchev–Trinajstić information content (AvgIpc) is 2.49. The maximum absolute atomic E-state index is 12.6. The number of carbonyl (C=O) groups is 1. The Bertz CT molecular complexity index is 913. The predicted octanol–water partition coefficient (Wildman–Crippen LogP) is 3.40. The van der Waals surface area contributed by atoms with Gasteiger partial charge in [0, 0.05) is 11.6 Å². The molecule has 0 aliphatic carbocycles. The summed E-state index contributed by atoms with van der Waals surface area (Å²) in [5.74, 6) is 0.131. The minimum Gasteiger partial charge on any atom is -0.437 e. The highest BCUT2D eigenvalue weighted by atomic mass is 32.2. The standard InChI is InChI=1S/C17H16O5S/c1-10-4-5-12-9-23(19,20)16-8-15(22-17(18)21-3)11(2)7-14(16)13(12)6-10/h4-8H,9H2,1-3H3. The number of fused-ring (bicyclic) bond motifs is 3. The first-order valence-electron chi connectivity index (χ1n) is 7.05. The Morgan fingerprint density at radius 1 is 1.09 bits per heavy atom. The SMILES string of the molecule is COC(=O)Oc1cc2c(cc1C)-c1cc(C)ccc1CS2(=O)=O. The number of aryl methyl sites for hydroxylation is 2. The quantitative estimate of drug-likeness (QED) is 0.591. The number of rotatable bonds is 1. The van der Waals surface area contributed by atoms with E-state index in [9.17, 15) is 13.2 Å². The van der Waals surface area contributed by atoms with Crippen LogP contribution < -0.4 is 4.74 Å². The van der Waals surface area contributed by atoms with Gasteiger partial charge < -0.3 is 9.47 Å². The molecule has 0 bridgehead atoms. The van der Waals surface area contributed by atoms with Gasteiger partial charge in [-0.05, 0) is 36.6 Å². The molecule has 0 N–H and O–H groups in total. The fourth-order valence-corrected chi connectivity index (χ4v) is 4.34. The third kappa shape index (κ3) is 2.70. The van der Waals surface area contributed by atoms with Gasteiger partial charge in [-0.25, -0.2) is 13.2 Å². The van der Waals surface area contributed by atoms with Gasteiger partial charge in [-0.1, -0.05) is 23.8 Å². The van der Waals surface area contributed by atoms with Gasteiger partial charge in [-0.2, -0.15) is 0 Å². The second-order valence-electron chi connectivity index (χ2n) is 5.59. The second-order valence-corrected chi connectivity index (χ2v) is 7.55. The van der Waals surface area contributed by atoms with Gasteiger partial charge in [0.1, 0.15) is 5.75 Å². The van der Waals surface area contributed by atoms with E-state index in [1.54, 1.807) is 13.0 Å². The zero-order chi connectivity index (χ0) is 16.8. The lowest BCUT2D eigenvalue weighted by molar-refractivity contribution is 0.121. The van der Waals surface area contributed by atoms with E-state index < -0.39 is 16.0 Å². The molecule has 1 aliphatic heterocycles. The number of hydrogen-bond donors (Lipinski definition) is 0. The van der Waals surface area contributed by atoms with Crippen LogP contribution in [0.25, 0.3) is 11.1 Å². The molecule has 2 aromatic carbocycles. The van der Waals surface area contributed by atoms with Crippen molar-refractivity contribution >= 4 is 16.0 Å². The fraction of sp³-hybridized carbons (Fsp3) is 0.235. The van der Waals surface area contributed by atoms with Gasteiger partial charge >= 0.3 is 6.16 Å². The third-order valence-corrected chi connectivity index (χ3v) is 5.57. The topological polar surface area (TPSA) is 69.7 Å². The van der Waals surface area contributed by atoms with E-state index in [1.807, 2.05) is 25.1 Å². The molecule has 1 heterocycles. The summed E-state index contributed by atoms with van der Waals surface area (Å²) in [6, 6.07) is 8.87. The molecular weight excluding hydrogens is 316 g/mol. The van der Waals surface area contributed by atoms with Gasteiger partial charge in [0.2, 0.25) is 0 Å². The molecule has 0 spiro atoms. The van der Waals surface area contributed by atoms with Gasteiger partial charge in [-0.3, -0.25) is 0 Å². The second kappa shape index (κ2) is 5.38. The molecular formula is C17H16O5S. The molecule has 0 saturated carbocycles. The van der Waals surface area contributed by atoms with E-state index in [0.717, 1.165) is 16.7 Å². The summed E-state index contributed by atoms with van der Waals surface area (Å²) in [4.78, 5) is 11.5. The Morgan fingerprint density at radius 3 is 2.52 bits per heavy atom. The summed E-state index contributed by atoms with van der Waals surface area (Å²) in [5, 5.41) is 0. The van der Waals surface area contributed by atoms with Crippen LogP contribution >= 0.6 is 0 Å². The van der Waals surface area contributed by atoms with Crippen LogP contribution in [0.1, 0.15) is 16.7 Å². The molecule has 120 valence electrons. The lowest BCUT2D eigenvalue weighted by Gasteiger charge is -2.22. The first-order valence-corrected chi connectivity index (χ1v) is 8.70. The van der Waals surface area contributed by atoms with E-state index >= 15 is 0 Å². The third-order valence-electron chi connectivity index (χ3n) is 3.87.